The number of hydrogen-bond donors (Lipinski definition) is 0. The molecule has 0 radical (unpaired) electrons. The lowest BCUT2D eigenvalue weighted by atomic mass is 9.83. The first kappa shape index (κ1) is 24.9. The van der Waals surface area contributed by atoms with E-state index < -0.39 is 5.97 Å². The number of ether oxygens (including phenoxy) is 1. The molecule has 39 heavy (non-hydrogen) atoms. The Bertz CT molecular complexity index is 1720. The van der Waals surface area contributed by atoms with E-state index in [1.165, 1.54) is 35.7 Å². The molecule has 188 valence electrons. The van der Waals surface area contributed by atoms with Crippen LogP contribution in [0.25, 0.3) is 0 Å². The molecule has 0 N–H and O–H groups in total. The first-order valence-electron chi connectivity index (χ1n) is 12.2. The highest BCUT2D eigenvalue weighted by Gasteiger charge is 2.35. The average Bonchev–Trinajstić information content (AvgIpc) is 2.98. The number of esters is 1. The molecule has 0 atom stereocenters. The maximum absolute atomic E-state index is 14.1. The fraction of sp³-hybridized carbons (Fsp3) is 0. The predicted octanol–water partition coefficient (Wildman–Crippen LogP) is 7.98. The molecule has 0 unspecified atom stereocenters. The molecule has 5 aromatic rings. The second-order valence-electron chi connectivity index (χ2n) is 8.76. The summed E-state index contributed by atoms with van der Waals surface area (Å²) in [7, 11) is 0. The van der Waals surface area contributed by atoms with Crippen LogP contribution in [0.2, 0.25) is 0 Å². The summed E-state index contributed by atoms with van der Waals surface area (Å²) in [6.45, 7) is 0. The number of hydrogen-bond acceptors (Lipinski definition) is 6. The van der Waals surface area contributed by atoms with Crippen LogP contribution in [0.4, 0.5) is 0 Å². The Hall–Kier alpha value is -4.39. The summed E-state index contributed by atoms with van der Waals surface area (Å²) in [5, 5.41) is 0. The maximum atomic E-state index is 14.1. The Balaban J connectivity index is 1.44. The molecule has 0 saturated carbocycles. The van der Waals surface area contributed by atoms with E-state index in [0.29, 0.717) is 26.7 Å². The Kier molecular flexibility index (Phi) is 6.88. The maximum Gasteiger partial charge on any atom is 0.343 e. The Morgan fingerprint density at radius 2 is 1.03 bits per heavy atom. The molecule has 1 aliphatic carbocycles. The summed E-state index contributed by atoms with van der Waals surface area (Å²) < 4.78 is 5.47. The minimum absolute atomic E-state index is 0.201. The number of fused-ring (bicyclic) bond motifs is 2. The van der Waals surface area contributed by atoms with Gasteiger partial charge in [0.25, 0.3) is 0 Å². The molecule has 0 spiro atoms. The zero-order valence-corrected chi connectivity index (χ0v) is 22.1. The Morgan fingerprint density at radius 1 is 0.538 bits per heavy atom. The molecule has 4 nitrogen and oxygen atoms in total. The lowest BCUT2D eigenvalue weighted by molar-refractivity contribution is 0.0734. The van der Waals surface area contributed by atoms with Gasteiger partial charge in [-0.1, -0.05) is 78.1 Å². The highest BCUT2D eigenvalue weighted by atomic mass is 32.2. The second-order valence-corrected chi connectivity index (χ2v) is 11.0. The molecule has 0 aromatic heterocycles. The highest BCUT2D eigenvalue weighted by Crippen LogP contribution is 2.43. The SMILES string of the molecule is O=C(Oc1ccccc1)c1ccc2c(c1)C(=O)c1c(Sc3ccccc3)ccc(Sc3ccccc3)c1C2=O. The summed E-state index contributed by atoms with van der Waals surface area (Å²) in [6.07, 6.45) is 0. The number of carbonyl (C=O) groups excluding carboxylic acids is 3. The zero-order valence-electron chi connectivity index (χ0n) is 20.5. The van der Waals surface area contributed by atoms with Crippen molar-refractivity contribution in [2.24, 2.45) is 0 Å². The minimum Gasteiger partial charge on any atom is -0.423 e. The first-order valence-corrected chi connectivity index (χ1v) is 13.9. The smallest absolute Gasteiger partial charge is 0.343 e. The summed E-state index contributed by atoms with van der Waals surface area (Å²) in [5.41, 5.74) is 1.43. The third kappa shape index (κ3) is 5.04. The van der Waals surface area contributed by atoms with Crippen molar-refractivity contribution in [3.8, 4) is 5.75 Å². The van der Waals surface area contributed by atoms with Crippen LogP contribution in [0, 0.1) is 0 Å². The van der Waals surface area contributed by atoms with Crippen LogP contribution in [0.3, 0.4) is 0 Å². The van der Waals surface area contributed by atoms with Crippen LogP contribution >= 0.6 is 23.5 Å². The van der Waals surface area contributed by atoms with Gasteiger partial charge in [-0.05, 0) is 66.7 Å². The number of benzene rings is 5. The van der Waals surface area contributed by atoms with E-state index in [9.17, 15) is 14.4 Å². The van der Waals surface area contributed by atoms with Crippen LogP contribution in [-0.4, -0.2) is 17.5 Å². The highest BCUT2D eigenvalue weighted by molar-refractivity contribution is 8.00. The summed E-state index contributed by atoms with van der Waals surface area (Å²) >= 11 is 2.89. The quantitative estimate of drug-likeness (QED) is 0.156. The molecular weight excluding hydrogens is 524 g/mol. The van der Waals surface area contributed by atoms with Gasteiger partial charge in [0.05, 0.1) is 5.56 Å². The zero-order chi connectivity index (χ0) is 26.8. The van der Waals surface area contributed by atoms with Gasteiger partial charge < -0.3 is 4.74 Å². The predicted molar refractivity (Wildman–Crippen MR) is 152 cm³/mol. The van der Waals surface area contributed by atoms with Crippen LogP contribution in [0.1, 0.15) is 42.2 Å². The van der Waals surface area contributed by atoms with Gasteiger partial charge in [-0.2, -0.15) is 0 Å². The largest absolute Gasteiger partial charge is 0.423 e. The van der Waals surface area contributed by atoms with Crippen molar-refractivity contribution in [3.05, 3.63) is 149 Å². The molecule has 1 aliphatic rings. The molecular formula is C33H20O4S2. The third-order valence-electron chi connectivity index (χ3n) is 6.22. The molecule has 6 rings (SSSR count). The molecule has 5 aromatic carbocycles. The molecule has 0 bridgehead atoms. The number of carbonyl (C=O) groups is 3. The number of ketones is 2. The minimum atomic E-state index is -0.595. The van der Waals surface area contributed by atoms with E-state index in [1.54, 1.807) is 30.3 Å². The first-order chi connectivity index (χ1) is 19.1. The number of rotatable bonds is 6. The standard InChI is InChI=1S/C33H20O4S2/c34-31-25-17-16-21(33(36)37-22-10-4-1-5-11-22)20-26(25)32(35)30-28(39-24-14-8-3-9-15-24)19-18-27(29(30)31)38-23-12-6-2-7-13-23/h1-20H. The van der Waals surface area contributed by atoms with E-state index >= 15 is 0 Å². The van der Waals surface area contributed by atoms with Gasteiger partial charge in [-0.3, -0.25) is 9.59 Å². The van der Waals surface area contributed by atoms with Crippen molar-refractivity contribution in [2.75, 3.05) is 0 Å². The second kappa shape index (κ2) is 10.8. The van der Waals surface area contributed by atoms with Crippen LogP contribution < -0.4 is 4.74 Å². The summed E-state index contributed by atoms with van der Waals surface area (Å²) in [5.74, 6) is -0.723. The lowest BCUT2D eigenvalue weighted by Crippen LogP contribution is -2.23. The van der Waals surface area contributed by atoms with Gasteiger partial charge in [0.15, 0.2) is 11.6 Å². The van der Waals surface area contributed by atoms with Crippen molar-refractivity contribution in [1.82, 2.24) is 0 Å². The fourth-order valence-electron chi connectivity index (χ4n) is 4.40. The summed E-state index contributed by atoms with van der Waals surface area (Å²) in [4.78, 5) is 44.2. The van der Waals surface area contributed by atoms with Gasteiger partial charge in [-0.15, -0.1) is 0 Å². The van der Waals surface area contributed by atoms with Crippen molar-refractivity contribution in [2.45, 2.75) is 19.6 Å². The van der Waals surface area contributed by atoms with E-state index in [4.69, 9.17) is 4.74 Å². The topological polar surface area (TPSA) is 60.4 Å². The molecule has 6 heteroatoms. The van der Waals surface area contributed by atoms with Gasteiger partial charge in [0, 0.05) is 41.8 Å². The summed E-state index contributed by atoms with van der Waals surface area (Å²) in [6, 6.07) is 36.6. The average molecular weight is 545 g/mol. The van der Waals surface area contributed by atoms with Gasteiger partial charge in [0.1, 0.15) is 5.75 Å². The van der Waals surface area contributed by atoms with Gasteiger partial charge >= 0.3 is 5.97 Å². The van der Waals surface area contributed by atoms with E-state index in [2.05, 4.69) is 0 Å². The molecule has 0 saturated heterocycles. The van der Waals surface area contributed by atoms with Crippen molar-refractivity contribution < 1.29 is 19.1 Å². The molecule has 0 heterocycles. The molecule has 0 amide bonds. The molecule has 0 fully saturated rings. The molecule has 0 aliphatic heterocycles. The van der Waals surface area contributed by atoms with Crippen LogP contribution in [-0.2, 0) is 0 Å². The monoisotopic (exact) mass is 544 g/mol. The van der Waals surface area contributed by atoms with E-state index in [-0.39, 0.29) is 28.3 Å². The Morgan fingerprint density at radius 3 is 1.56 bits per heavy atom. The van der Waals surface area contributed by atoms with Crippen LogP contribution in [0.15, 0.2) is 141 Å². The van der Waals surface area contributed by atoms with Crippen molar-refractivity contribution in [3.63, 3.8) is 0 Å². The van der Waals surface area contributed by atoms with Gasteiger partial charge in [-0.25, -0.2) is 4.79 Å². The number of para-hydroxylation sites is 1. The van der Waals surface area contributed by atoms with Crippen molar-refractivity contribution >= 4 is 41.1 Å². The van der Waals surface area contributed by atoms with Gasteiger partial charge in [0.2, 0.25) is 0 Å². The normalized spacial score (nSPS) is 12.0. The van der Waals surface area contributed by atoms with Crippen molar-refractivity contribution in [1.29, 1.82) is 0 Å². The van der Waals surface area contributed by atoms with E-state index in [1.807, 2.05) is 78.9 Å². The third-order valence-corrected chi connectivity index (χ3v) is 8.36. The fourth-order valence-corrected chi connectivity index (χ4v) is 6.36. The Labute approximate surface area is 234 Å². The van der Waals surface area contributed by atoms with E-state index in [0.717, 1.165) is 9.79 Å². The van der Waals surface area contributed by atoms with Crippen LogP contribution in [0.5, 0.6) is 5.75 Å². The lowest BCUT2D eigenvalue weighted by Gasteiger charge is -2.23.